The van der Waals surface area contributed by atoms with E-state index >= 15 is 0 Å². The molecule has 0 spiro atoms. The van der Waals surface area contributed by atoms with Gasteiger partial charge in [0.2, 0.25) is 0 Å². The zero-order valence-electron chi connectivity index (χ0n) is 10.9. The first-order valence-corrected chi connectivity index (χ1v) is 7.00. The highest BCUT2D eigenvalue weighted by Crippen LogP contribution is 2.43. The van der Waals surface area contributed by atoms with Gasteiger partial charge in [0, 0.05) is 5.69 Å². The number of anilines is 1. The standard InChI is InChI=1S/C11H19N2O4P/c1-13(2,3)8-9-16-18(14,15)17-11-6-4-10(12)5-7-11/h4-7H,8-9,12H2,1-3H3/p+1. The first-order valence-electron chi connectivity index (χ1n) is 5.51. The topological polar surface area (TPSA) is 81.8 Å². The largest absolute Gasteiger partial charge is 0.527 e. The van der Waals surface area contributed by atoms with Crippen LogP contribution in [0.5, 0.6) is 5.75 Å². The van der Waals surface area contributed by atoms with Gasteiger partial charge in [-0.15, -0.1) is 0 Å². The van der Waals surface area contributed by atoms with Gasteiger partial charge in [0.25, 0.3) is 0 Å². The van der Waals surface area contributed by atoms with Crippen LogP contribution in [-0.4, -0.2) is 43.7 Å². The van der Waals surface area contributed by atoms with E-state index in [-0.39, 0.29) is 12.4 Å². The van der Waals surface area contributed by atoms with Crippen molar-refractivity contribution in [2.24, 2.45) is 0 Å². The molecule has 0 radical (unpaired) electrons. The third kappa shape index (κ3) is 6.02. The molecule has 0 amide bonds. The first kappa shape index (κ1) is 15.0. The fraction of sp³-hybridized carbons (Fsp3) is 0.455. The molecule has 18 heavy (non-hydrogen) atoms. The van der Waals surface area contributed by atoms with E-state index in [1.54, 1.807) is 12.1 Å². The Morgan fingerprint density at radius 3 is 2.33 bits per heavy atom. The molecule has 3 N–H and O–H groups in total. The maximum absolute atomic E-state index is 11.6. The van der Waals surface area contributed by atoms with Crippen molar-refractivity contribution >= 4 is 13.5 Å². The fourth-order valence-corrected chi connectivity index (χ4v) is 1.87. The Hall–Kier alpha value is -1.07. The number of phosphoric ester groups is 1. The minimum absolute atomic E-state index is 0.145. The second-order valence-corrected chi connectivity index (χ2v) is 6.35. The van der Waals surface area contributed by atoms with Crippen LogP contribution < -0.4 is 10.3 Å². The van der Waals surface area contributed by atoms with Crippen molar-refractivity contribution in [3.8, 4) is 5.75 Å². The molecule has 1 aromatic carbocycles. The molecule has 102 valence electrons. The molecular formula is C11H20N2O4P+. The Balaban J connectivity index is 2.49. The van der Waals surface area contributed by atoms with Crippen LogP contribution in [0.2, 0.25) is 0 Å². The normalized spacial score (nSPS) is 15.1. The molecule has 1 aromatic rings. The van der Waals surface area contributed by atoms with E-state index in [0.717, 1.165) is 0 Å². The van der Waals surface area contributed by atoms with Crippen LogP contribution in [0.4, 0.5) is 5.69 Å². The molecule has 1 rings (SSSR count). The summed E-state index contributed by atoms with van der Waals surface area (Å²) in [5.74, 6) is 0.250. The summed E-state index contributed by atoms with van der Waals surface area (Å²) in [6.07, 6.45) is 0. The van der Waals surface area contributed by atoms with Crippen molar-refractivity contribution in [1.29, 1.82) is 0 Å². The minimum Gasteiger partial charge on any atom is -0.404 e. The third-order valence-electron chi connectivity index (χ3n) is 2.12. The van der Waals surface area contributed by atoms with Gasteiger partial charge in [-0.3, -0.25) is 9.42 Å². The summed E-state index contributed by atoms with van der Waals surface area (Å²) in [4.78, 5) is 9.51. The van der Waals surface area contributed by atoms with Gasteiger partial charge >= 0.3 is 7.82 Å². The molecule has 0 fully saturated rings. The number of nitrogen functional groups attached to an aromatic ring is 1. The van der Waals surface area contributed by atoms with Crippen LogP contribution in [0.3, 0.4) is 0 Å². The Morgan fingerprint density at radius 2 is 1.83 bits per heavy atom. The number of benzene rings is 1. The van der Waals surface area contributed by atoms with Crippen LogP contribution >= 0.6 is 7.82 Å². The average molecular weight is 275 g/mol. The maximum atomic E-state index is 11.6. The smallest absolute Gasteiger partial charge is 0.404 e. The van der Waals surface area contributed by atoms with Gasteiger partial charge in [-0.05, 0) is 24.3 Å². The zero-order chi connectivity index (χ0) is 13.8. The second kappa shape index (κ2) is 5.71. The van der Waals surface area contributed by atoms with Crippen LogP contribution in [-0.2, 0) is 9.09 Å². The van der Waals surface area contributed by atoms with E-state index in [0.29, 0.717) is 16.7 Å². The lowest BCUT2D eigenvalue weighted by molar-refractivity contribution is -0.870. The molecule has 0 aliphatic rings. The lowest BCUT2D eigenvalue weighted by atomic mass is 10.3. The number of phosphoric acid groups is 1. The molecule has 0 heterocycles. The van der Waals surface area contributed by atoms with Crippen molar-refractivity contribution in [1.82, 2.24) is 0 Å². The summed E-state index contributed by atoms with van der Waals surface area (Å²) in [5, 5.41) is 0. The average Bonchev–Trinajstić information content (AvgIpc) is 2.18. The highest BCUT2D eigenvalue weighted by Gasteiger charge is 2.24. The van der Waals surface area contributed by atoms with Crippen LogP contribution in [0, 0.1) is 0 Å². The number of hydrogen-bond acceptors (Lipinski definition) is 4. The van der Waals surface area contributed by atoms with Crippen LogP contribution in [0.1, 0.15) is 0 Å². The van der Waals surface area contributed by atoms with Gasteiger partial charge in [-0.2, -0.15) is 0 Å². The lowest BCUT2D eigenvalue weighted by Crippen LogP contribution is -2.37. The molecule has 7 heteroatoms. The molecule has 0 aliphatic heterocycles. The Labute approximate surface area is 107 Å². The Kier molecular flexibility index (Phi) is 4.76. The van der Waals surface area contributed by atoms with Crippen molar-refractivity contribution in [2.45, 2.75) is 0 Å². The number of nitrogens with zero attached hydrogens (tertiary/aromatic N) is 1. The SMILES string of the molecule is C[N+](C)(C)CCOP(=O)(O)Oc1ccc(N)cc1. The Bertz CT molecular complexity index is 428. The summed E-state index contributed by atoms with van der Waals surface area (Å²) in [5.41, 5.74) is 6.05. The van der Waals surface area contributed by atoms with Gasteiger partial charge in [-0.1, -0.05) is 0 Å². The maximum Gasteiger partial charge on any atom is 0.527 e. The van der Waals surface area contributed by atoms with Crippen molar-refractivity contribution in [2.75, 3.05) is 40.0 Å². The van der Waals surface area contributed by atoms with Crippen LogP contribution in [0.15, 0.2) is 24.3 Å². The molecule has 1 atom stereocenters. The number of quaternary nitrogens is 1. The summed E-state index contributed by atoms with van der Waals surface area (Å²) < 4.78 is 22.0. The second-order valence-electron chi connectivity index (χ2n) is 4.98. The van der Waals surface area contributed by atoms with Gasteiger partial charge in [0.05, 0.1) is 21.1 Å². The number of hydrogen-bond donors (Lipinski definition) is 2. The van der Waals surface area contributed by atoms with Crippen molar-refractivity contribution in [3.63, 3.8) is 0 Å². The predicted octanol–water partition coefficient (Wildman–Crippen LogP) is 1.47. The Morgan fingerprint density at radius 1 is 1.28 bits per heavy atom. The van der Waals surface area contributed by atoms with Crippen molar-refractivity contribution < 1.29 is 23.0 Å². The quantitative estimate of drug-likeness (QED) is 0.467. The molecular weight excluding hydrogens is 255 g/mol. The molecule has 1 unspecified atom stereocenters. The minimum atomic E-state index is -4.07. The molecule has 0 saturated heterocycles. The predicted molar refractivity (Wildman–Crippen MR) is 70.2 cm³/mol. The zero-order valence-corrected chi connectivity index (χ0v) is 11.8. The van der Waals surface area contributed by atoms with E-state index in [1.807, 2.05) is 21.1 Å². The summed E-state index contributed by atoms with van der Waals surface area (Å²) in [6, 6.07) is 6.20. The van der Waals surface area contributed by atoms with Crippen LogP contribution in [0.25, 0.3) is 0 Å². The molecule has 6 nitrogen and oxygen atoms in total. The third-order valence-corrected chi connectivity index (χ3v) is 3.07. The first-order chi connectivity index (χ1) is 8.18. The number of nitrogens with two attached hydrogens (primary N) is 1. The van der Waals surface area contributed by atoms with Crippen molar-refractivity contribution in [3.05, 3.63) is 24.3 Å². The van der Waals surface area contributed by atoms with E-state index in [9.17, 15) is 9.46 Å². The number of likely N-dealkylation sites (N-methyl/N-ethyl adjacent to an activating group) is 1. The van der Waals surface area contributed by atoms with Gasteiger partial charge in [0.1, 0.15) is 18.9 Å². The highest BCUT2D eigenvalue weighted by molar-refractivity contribution is 7.47. The monoisotopic (exact) mass is 275 g/mol. The molecule has 0 aromatic heterocycles. The molecule has 0 saturated carbocycles. The molecule has 0 bridgehead atoms. The molecule has 0 aliphatic carbocycles. The van der Waals surface area contributed by atoms with E-state index in [1.165, 1.54) is 12.1 Å². The van der Waals surface area contributed by atoms with E-state index < -0.39 is 7.82 Å². The van der Waals surface area contributed by atoms with E-state index in [2.05, 4.69) is 0 Å². The van der Waals surface area contributed by atoms with E-state index in [4.69, 9.17) is 14.8 Å². The van der Waals surface area contributed by atoms with Gasteiger partial charge < -0.3 is 14.7 Å². The summed E-state index contributed by atoms with van der Waals surface area (Å²) in [7, 11) is 1.83. The highest BCUT2D eigenvalue weighted by atomic mass is 31.2. The summed E-state index contributed by atoms with van der Waals surface area (Å²) in [6.45, 7) is 0.752. The lowest BCUT2D eigenvalue weighted by Gasteiger charge is -2.24. The summed E-state index contributed by atoms with van der Waals surface area (Å²) >= 11 is 0. The number of rotatable bonds is 6. The van der Waals surface area contributed by atoms with Gasteiger partial charge in [-0.25, -0.2) is 4.57 Å². The fourth-order valence-electron chi connectivity index (χ4n) is 1.12. The van der Waals surface area contributed by atoms with Gasteiger partial charge in [0.15, 0.2) is 0 Å².